The van der Waals surface area contributed by atoms with Crippen LogP contribution in [0.3, 0.4) is 0 Å². The number of ether oxygens (including phenoxy) is 3. The highest BCUT2D eigenvalue weighted by Gasteiger charge is 2.14. The van der Waals surface area contributed by atoms with E-state index in [9.17, 15) is 19.2 Å². The van der Waals surface area contributed by atoms with Crippen LogP contribution >= 0.6 is 0 Å². The topological polar surface area (TPSA) is 156 Å². The van der Waals surface area contributed by atoms with E-state index in [0.717, 1.165) is 14.2 Å². The van der Waals surface area contributed by atoms with Crippen molar-refractivity contribution in [3.63, 3.8) is 0 Å². The molecule has 0 bridgehead atoms. The van der Waals surface area contributed by atoms with E-state index in [1.54, 1.807) is 42.5 Å². The van der Waals surface area contributed by atoms with Gasteiger partial charge in [0.05, 0.1) is 25.6 Å². The highest BCUT2D eigenvalue weighted by atomic mass is 16.5. The summed E-state index contributed by atoms with van der Waals surface area (Å²) in [6.07, 6.45) is -0.939. The number of hydrogen-bond donors (Lipinski definition) is 4. The predicted octanol–water partition coefficient (Wildman–Crippen LogP) is 4.07. The molecule has 2 aromatic carbocycles. The zero-order chi connectivity index (χ0) is 25.8. The van der Waals surface area contributed by atoms with Crippen LogP contribution in [-0.2, 0) is 19.1 Å². The normalized spacial score (nSPS) is 10.6. The lowest BCUT2D eigenvalue weighted by Gasteiger charge is -2.16. The third kappa shape index (κ3) is 9.04. The first-order valence-corrected chi connectivity index (χ1v) is 10.5. The summed E-state index contributed by atoms with van der Waals surface area (Å²) in [6, 6.07) is 11.4. The van der Waals surface area contributed by atoms with Gasteiger partial charge in [-0.2, -0.15) is 0 Å². The average molecular weight is 485 g/mol. The van der Waals surface area contributed by atoms with Crippen LogP contribution in [0.25, 0.3) is 0 Å². The molecule has 0 atom stereocenters. The molecule has 0 saturated heterocycles. The molecule has 12 heteroatoms. The van der Waals surface area contributed by atoms with Crippen molar-refractivity contribution in [2.45, 2.75) is 26.7 Å². The second kappa shape index (κ2) is 13.2. The van der Waals surface area contributed by atoms with Crippen molar-refractivity contribution >= 4 is 47.0 Å². The highest BCUT2D eigenvalue weighted by Crippen LogP contribution is 2.31. The van der Waals surface area contributed by atoms with Gasteiger partial charge in [0, 0.05) is 25.1 Å². The number of guanidine groups is 1. The number of nitrogens with zero attached hydrogens (tertiary/aromatic N) is 1. The Kier molecular flexibility index (Phi) is 10.0. The smallest absolute Gasteiger partial charge is 0.436 e. The summed E-state index contributed by atoms with van der Waals surface area (Å²) in [4.78, 5) is 50.3. The van der Waals surface area contributed by atoms with Gasteiger partial charge in [0.1, 0.15) is 11.5 Å². The van der Waals surface area contributed by atoms with Crippen molar-refractivity contribution in [1.82, 2.24) is 5.32 Å². The number of methoxy groups -OCH3 is 2. The number of carbonyl (C=O) groups is 4. The van der Waals surface area contributed by atoms with Crippen LogP contribution in [0.4, 0.5) is 26.7 Å². The number of amides is 4. The van der Waals surface area contributed by atoms with E-state index in [0.29, 0.717) is 35.0 Å². The molecule has 2 aromatic rings. The minimum Gasteiger partial charge on any atom is -0.457 e. The molecule has 35 heavy (non-hydrogen) atoms. The largest absolute Gasteiger partial charge is 0.457 e. The maximum atomic E-state index is 12.3. The van der Waals surface area contributed by atoms with Crippen LogP contribution in [0.15, 0.2) is 47.5 Å². The monoisotopic (exact) mass is 485 g/mol. The molecule has 0 aliphatic rings. The molecule has 186 valence electrons. The van der Waals surface area contributed by atoms with Crippen LogP contribution in [0.2, 0.25) is 0 Å². The number of anilines is 3. The summed E-state index contributed by atoms with van der Waals surface area (Å²) < 4.78 is 14.9. The van der Waals surface area contributed by atoms with E-state index in [-0.39, 0.29) is 24.2 Å². The average Bonchev–Trinajstić information content (AvgIpc) is 2.81. The van der Waals surface area contributed by atoms with Gasteiger partial charge in [-0.1, -0.05) is 6.92 Å². The molecular weight excluding hydrogens is 458 g/mol. The Labute approximate surface area is 202 Å². The van der Waals surface area contributed by atoms with Gasteiger partial charge in [-0.15, -0.1) is 4.99 Å². The van der Waals surface area contributed by atoms with E-state index in [4.69, 9.17) is 4.74 Å². The predicted molar refractivity (Wildman–Crippen MR) is 130 cm³/mol. The molecule has 0 unspecified atom stereocenters. The number of rotatable bonds is 7. The lowest BCUT2D eigenvalue weighted by atomic mass is 10.2. The summed E-state index contributed by atoms with van der Waals surface area (Å²) >= 11 is 0. The van der Waals surface area contributed by atoms with Crippen molar-refractivity contribution in [1.29, 1.82) is 0 Å². The number of alkyl carbamates (subject to hydrolysis) is 1. The first-order chi connectivity index (χ1) is 16.7. The van der Waals surface area contributed by atoms with Crippen LogP contribution < -0.4 is 26.0 Å². The first-order valence-electron chi connectivity index (χ1n) is 10.5. The molecule has 0 aliphatic heterocycles. The Morgan fingerprint density at radius 2 is 1.54 bits per heavy atom. The maximum absolute atomic E-state index is 12.3. The van der Waals surface area contributed by atoms with Gasteiger partial charge >= 0.3 is 12.2 Å². The second-order valence-electron chi connectivity index (χ2n) is 6.99. The number of aliphatic imine (C=N–C) groups is 1. The van der Waals surface area contributed by atoms with E-state index in [1.807, 2.05) is 6.92 Å². The molecule has 2 rings (SSSR count). The minimum atomic E-state index is -0.969. The zero-order valence-corrected chi connectivity index (χ0v) is 19.8. The Morgan fingerprint density at radius 3 is 2.14 bits per heavy atom. The molecule has 0 saturated carbocycles. The van der Waals surface area contributed by atoms with Crippen LogP contribution in [0, 0.1) is 0 Å². The third-order valence-electron chi connectivity index (χ3n) is 4.19. The fraction of sp³-hybridized carbons (Fsp3) is 0.261. The molecule has 4 N–H and O–H groups in total. The minimum absolute atomic E-state index is 0.189. The van der Waals surface area contributed by atoms with Crippen molar-refractivity contribution in [2.24, 2.45) is 4.99 Å². The molecule has 0 fully saturated rings. The lowest BCUT2D eigenvalue weighted by Crippen LogP contribution is -2.36. The van der Waals surface area contributed by atoms with Gasteiger partial charge in [-0.05, 0) is 42.8 Å². The summed E-state index contributed by atoms with van der Waals surface area (Å²) in [5.41, 5.74) is 1.23. The van der Waals surface area contributed by atoms with Crippen molar-refractivity contribution in [2.75, 3.05) is 30.2 Å². The first kappa shape index (κ1) is 26.6. The summed E-state index contributed by atoms with van der Waals surface area (Å²) in [7, 11) is 2.28. The number of hydrogen-bond acceptors (Lipinski definition) is 7. The fourth-order valence-corrected chi connectivity index (χ4v) is 2.68. The number of benzene rings is 2. The van der Waals surface area contributed by atoms with Gasteiger partial charge < -0.3 is 30.2 Å². The van der Waals surface area contributed by atoms with Crippen LogP contribution in [-0.4, -0.2) is 44.2 Å². The molecule has 0 spiro atoms. The second-order valence-corrected chi connectivity index (χ2v) is 6.99. The van der Waals surface area contributed by atoms with Gasteiger partial charge in [0.15, 0.2) is 0 Å². The van der Waals surface area contributed by atoms with Crippen LogP contribution in [0.1, 0.15) is 26.7 Å². The number of nitrogens with one attached hydrogen (secondary N) is 4. The Balaban J connectivity index is 2.33. The molecule has 12 nitrogen and oxygen atoms in total. The van der Waals surface area contributed by atoms with E-state index in [2.05, 4.69) is 35.7 Å². The lowest BCUT2D eigenvalue weighted by molar-refractivity contribution is -0.116. The van der Waals surface area contributed by atoms with Gasteiger partial charge in [0.25, 0.3) is 0 Å². The molecule has 0 aromatic heterocycles. The molecular formula is C23H27N5O7. The van der Waals surface area contributed by atoms with Crippen LogP contribution in [0.5, 0.6) is 11.5 Å². The maximum Gasteiger partial charge on any atom is 0.436 e. The fourth-order valence-electron chi connectivity index (χ4n) is 2.68. The summed E-state index contributed by atoms with van der Waals surface area (Å²) in [5.74, 6) is 0.163. The Morgan fingerprint density at radius 1 is 0.857 bits per heavy atom. The Hall–Kier alpha value is -4.61. The molecule has 0 radical (unpaired) electrons. The van der Waals surface area contributed by atoms with E-state index >= 15 is 0 Å². The third-order valence-corrected chi connectivity index (χ3v) is 4.19. The van der Waals surface area contributed by atoms with E-state index in [1.165, 1.54) is 6.92 Å². The van der Waals surface area contributed by atoms with E-state index < -0.39 is 12.2 Å². The van der Waals surface area contributed by atoms with Crippen molar-refractivity contribution in [3.8, 4) is 11.5 Å². The summed E-state index contributed by atoms with van der Waals surface area (Å²) in [5, 5.41) is 10.5. The van der Waals surface area contributed by atoms with Crippen molar-refractivity contribution < 1.29 is 33.4 Å². The van der Waals surface area contributed by atoms with Gasteiger partial charge in [-0.25, -0.2) is 9.59 Å². The molecule has 4 amide bonds. The summed E-state index contributed by atoms with van der Waals surface area (Å²) in [6.45, 7) is 3.28. The standard InChI is InChI=1S/C23H27N5O7/c1-5-6-20(30)25-19-13-17(35-16-9-7-15(8-10-16)24-14(2)29)11-12-18(19)26-21(27-22(31)33-3)28-23(32)34-4/h7-13H,5-6H2,1-4H3,(H,24,29)(H,25,30)(H2,26,27,28,31,32). The van der Waals surface area contributed by atoms with Gasteiger partial charge in [-0.3, -0.25) is 14.9 Å². The Bertz CT molecular complexity index is 1100. The van der Waals surface area contributed by atoms with Crippen molar-refractivity contribution in [3.05, 3.63) is 42.5 Å². The highest BCUT2D eigenvalue weighted by molar-refractivity contribution is 6.08. The quantitative estimate of drug-likeness (QED) is 0.338. The number of carbonyl (C=O) groups excluding carboxylic acids is 4. The molecule has 0 heterocycles. The SMILES string of the molecule is CCCC(=O)Nc1cc(Oc2ccc(NC(C)=O)cc2)ccc1NC(=NC(=O)OC)NC(=O)OC. The zero-order valence-electron chi connectivity index (χ0n) is 19.8. The van der Waals surface area contributed by atoms with Gasteiger partial charge in [0.2, 0.25) is 17.8 Å². The molecule has 0 aliphatic carbocycles.